The molecule has 3 heterocycles. The Balaban J connectivity index is 1.43. The average molecular weight is 358 g/mol. The van der Waals surface area contributed by atoms with Crippen molar-refractivity contribution < 1.29 is 10.2 Å². The van der Waals surface area contributed by atoms with Crippen LogP contribution in [0.1, 0.15) is 48.8 Å². The maximum atomic E-state index is 6.33. The normalized spacial score (nSPS) is 27.2. The van der Waals surface area contributed by atoms with Gasteiger partial charge in [-0.15, -0.1) is 10.2 Å². The van der Waals surface area contributed by atoms with Crippen molar-refractivity contribution in [3.63, 3.8) is 0 Å². The smallest absolute Gasteiger partial charge is 0.192 e. The van der Waals surface area contributed by atoms with E-state index >= 15 is 0 Å². The standard InChI is InChI=1S/C19H22ClN5/c20-14-1-4-16-12(5-14)8-24(15-2-3-15)9-17-22-23-18(25(16)17)13-6-19(7-13)10-21-11-19/h1,4-5,13,15,21H,2-3,6-11H2/p+2. The second-order valence-electron chi connectivity index (χ2n) is 8.67. The van der Waals surface area contributed by atoms with Crippen LogP contribution in [0.2, 0.25) is 5.02 Å². The second-order valence-corrected chi connectivity index (χ2v) is 9.11. The first-order valence-corrected chi connectivity index (χ1v) is 9.98. The monoisotopic (exact) mass is 357 g/mol. The molecule has 3 fully saturated rings. The van der Waals surface area contributed by atoms with Crippen molar-refractivity contribution in [3.05, 3.63) is 40.4 Å². The van der Waals surface area contributed by atoms with Gasteiger partial charge in [-0.25, -0.2) is 0 Å². The number of nitrogens with zero attached hydrogens (tertiary/aromatic N) is 3. The maximum absolute atomic E-state index is 6.33. The van der Waals surface area contributed by atoms with Gasteiger partial charge in [0.25, 0.3) is 0 Å². The van der Waals surface area contributed by atoms with Gasteiger partial charge in [0.2, 0.25) is 0 Å². The van der Waals surface area contributed by atoms with Crippen LogP contribution in [-0.2, 0) is 13.1 Å². The van der Waals surface area contributed by atoms with E-state index in [0.717, 1.165) is 30.0 Å². The number of nitrogens with one attached hydrogen (secondary N) is 1. The summed E-state index contributed by atoms with van der Waals surface area (Å²) in [7, 11) is 0. The molecule has 0 radical (unpaired) electrons. The lowest BCUT2D eigenvalue weighted by Gasteiger charge is -2.50. The van der Waals surface area contributed by atoms with Crippen molar-refractivity contribution in [3.8, 4) is 5.69 Å². The topological polar surface area (TPSA) is 51.8 Å². The molecule has 2 saturated carbocycles. The molecule has 0 amide bonds. The molecule has 1 spiro atoms. The first kappa shape index (κ1) is 14.7. The van der Waals surface area contributed by atoms with Crippen LogP contribution in [0, 0.1) is 5.41 Å². The zero-order chi connectivity index (χ0) is 16.6. The summed E-state index contributed by atoms with van der Waals surface area (Å²) in [6.45, 7) is 4.63. The molecule has 6 rings (SSSR count). The van der Waals surface area contributed by atoms with Crippen LogP contribution in [0.5, 0.6) is 0 Å². The Morgan fingerprint density at radius 2 is 2.00 bits per heavy atom. The van der Waals surface area contributed by atoms with Crippen LogP contribution >= 0.6 is 11.6 Å². The first-order valence-electron chi connectivity index (χ1n) is 9.60. The third kappa shape index (κ3) is 2.22. The molecule has 25 heavy (non-hydrogen) atoms. The molecule has 1 aromatic heterocycles. The lowest BCUT2D eigenvalue weighted by atomic mass is 9.58. The highest BCUT2D eigenvalue weighted by Crippen LogP contribution is 2.51. The zero-order valence-corrected chi connectivity index (χ0v) is 15.1. The molecule has 5 nitrogen and oxygen atoms in total. The minimum Gasteiger partial charge on any atom is -0.345 e. The largest absolute Gasteiger partial charge is 0.345 e. The molecule has 1 atom stereocenters. The van der Waals surface area contributed by atoms with Crippen molar-refractivity contribution in [2.45, 2.75) is 50.7 Å². The molecule has 1 unspecified atom stereocenters. The van der Waals surface area contributed by atoms with Crippen LogP contribution in [-0.4, -0.2) is 33.9 Å². The van der Waals surface area contributed by atoms with E-state index < -0.39 is 0 Å². The number of nitrogens with two attached hydrogens (primary N) is 1. The Labute approximate surface area is 152 Å². The fourth-order valence-electron chi connectivity index (χ4n) is 5.23. The zero-order valence-electron chi connectivity index (χ0n) is 14.3. The lowest BCUT2D eigenvalue weighted by molar-refractivity contribution is -0.938. The molecule has 2 aromatic rings. The Bertz CT molecular complexity index is 843. The van der Waals surface area contributed by atoms with E-state index in [1.807, 2.05) is 6.07 Å². The van der Waals surface area contributed by atoms with E-state index in [1.54, 1.807) is 4.90 Å². The van der Waals surface area contributed by atoms with Crippen LogP contribution < -0.4 is 10.2 Å². The summed E-state index contributed by atoms with van der Waals surface area (Å²) >= 11 is 6.33. The van der Waals surface area contributed by atoms with Crippen LogP contribution in [0.25, 0.3) is 5.69 Å². The average Bonchev–Trinajstić information content (AvgIpc) is 3.29. The molecule has 130 valence electrons. The number of benzene rings is 1. The Kier molecular flexibility index (Phi) is 2.98. The summed E-state index contributed by atoms with van der Waals surface area (Å²) in [5.41, 5.74) is 3.21. The highest BCUT2D eigenvalue weighted by molar-refractivity contribution is 6.30. The summed E-state index contributed by atoms with van der Waals surface area (Å²) in [5.74, 6) is 2.90. The van der Waals surface area contributed by atoms with Crippen LogP contribution in [0.4, 0.5) is 0 Å². The maximum Gasteiger partial charge on any atom is 0.192 e. The number of fused-ring (bicyclic) bond motifs is 3. The first-order chi connectivity index (χ1) is 12.2. The van der Waals surface area contributed by atoms with E-state index in [4.69, 9.17) is 11.6 Å². The Hall–Kier alpha value is -1.43. The molecule has 0 bridgehead atoms. The number of hydrogen-bond acceptors (Lipinski definition) is 2. The summed E-state index contributed by atoms with van der Waals surface area (Å²) in [6, 6.07) is 7.13. The fraction of sp³-hybridized carbons (Fsp3) is 0.579. The number of halogens is 1. The predicted octanol–water partition coefficient (Wildman–Crippen LogP) is 0.422. The van der Waals surface area contributed by atoms with Gasteiger partial charge in [-0.2, -0.15) is 0 Å². The SMILES string of the molecule is Clc1ccc2c(c1)C[NH+](C1CC1)Cc1nnc(C3CC4(C[NH2+]C4)C3)n1-2. The summed E-state index contributed by atoms with van der Waals surface area (Å²) < 4.78 is 2.38. The summed E-state index contributed by atoms with van der Waals surface area (Å²) in [5, 5.41) is 12.6. The highest BCUT2D eigenvalue weighted by Gasteiger charge is 2.54. The van der Waals surface area contributed by atoms with E-state index in [-0.39, 0.29) is 0 Å². The van der Waals surface area contributed by atoms with E-state index in [9.17, 15) is 0 Å². The highest BCUT2D eigenvalue weighted by atomic mass is 35.5. The van der Waals surface area contributed by atoms with Crippen molar-refractivity contribution in [2.75, 3.05) is 13.1 Å². The van der Waals surface area contributed by atoms with Gasteiger partial charge in [-0.05, 0) is 31.0 Å². The molecule has 2 aliphatic carbocycles. The summed E-state index contributed by atoms with van der Waals surface area (Å²) in [6.07, 6.45) is 5.25. The van der Waals surface area contributed by atoms with E-state index in [2.05, 4.69) is 32.2 Å². The predicted molar refractivity (Wildman–Crippen MR) is 93.8 cm³/mol. The minimum atomic E-state index is 0.570. The quantitative estimate of drug-likeness (QED) is 0.818. The van der Waals surface area contributed by atoms with E-state index in [1.165, 1.54) is 55.8 Å². The number of hydrogen-bond donors (Lipinski definition) is 2. The van der Waals surface area contributed by atoms with Gasteiger partial charge in [-0.3, -0.25) is 4.57 Å². The second kappa shape index (κ2) is 5.06. The van der Waals surface area contributed by atoms with Gasteiger partial charge in [0.1, 0.15) is 18.9 Å². The fourth-order valence-corrected chi connectivity index (χ4v) is 5.42. The molecule has 3 N–H and O–H groups in total. The van der Waals surface area contributed by atoms with Gasteiger partial charge in [-0.1, -0.05) is 11.6 Å². The third-order valence-corrected chi connectivity index (χ3v) is 7.11. The molecule has 6 heteroatoms. The molecule has 2 aliphatic heterocycles. The number of aromatic nitrogens is 3. The van der Waals surface area contributed by atoms with Gasteiger partial charge in [0.05, 0.1) is 30.2 Å². The Morgan fingerprint density at radius 1 is 1.16 bits per heavy atom. The van der Waals surface area contributed by atoms with Crippen molar-refractivity contribution in [2.24, 2.45) is 5.41 Å². The van der Waals surface area contributed by atoms with Crippen molar-refractivity contribution >= 4 is 11.6 Å². The molecular weight excluding hydrogens is 334 g/mol. The van der Waals surface area contributed by atoms with E-state index in [0.29, 0.717) is 11.3 Å². The summed E-state index contributed by atoms with van der Waals surface area (Å²) in [4.78, 5) is 1.62. The number of rotatable bonds is 2. The molecule has 4 aliphatic rings. The molecule has 1 saturated heterocycles. The lowest BCUT2D eigenvalue weighted by Crippen LogP contribution is -3.10. The van der Waals surface area contributed by atoms with Crippen molar-refractivity contribution in [1.82, 2.24) is 14.8 Å². The minimum absolute atomic E-state index is 0.570. The van der Waals surface area contributed by atoms with Gasteiger partial charge < -0.3 is 10.2 Å². The van der Waals surface area contributed by atoms with Gasteiger partial charge in [0.15, 0.2) is 5.82 Å². The molecular formula is C19H24ClN5+2. The van der Waals surface area contributed by atoms with Crippen LogP contribution in [0.15, 0.2) is 18.2 Å². The Morgan fingerprint density at radius 3 is 2.72 bits per heavy atom. The molecule has 1 aromatic carbocycles. The number of quaternary nitrogens is 2. The van der Waals surface area contributed by atoms with Crippen LogP contribution in [0.3, 0.4) is 0 Å². The van der Waals surface area contributed by atoms with Gasteiger partial charge in [0, 0.05) is 29.3 Å². The van der Waals surface area contributed by atoms with Crippen molar-refractivity contribution in [1.29, 1.82) is 0 Å². The third-order valence-electron chi connectivity index (χ3n) is 6.87. The van der Waals surface area contributed by atoms with Gasteiger partial charge >= 0.3 is 0 Å².